The monoisotopic (exact) mass is 366 g/mol. The number of fused-ring (bicyclic) bond motifs is 1. The first-order valence-corrected chi connectivity index (χ1v) is 9.07. The van der Waals surface area contributed by atoms with Gasteiger partial charge in [-0.2, -0.15) is 5.10 Å². The number of carbonyl (C=O) groups excluding carboxylic acids is 2. The summed E-state index contributed by atoms with van der Waals surface area (Å²) < 4.78 is 0. The van der Waals surface area contributed by atoms with E-state index in [0.29, 0.717) is 6.54 Å². The van der Waals surface area contributed by atoms with Crippen molar-refractivity contribution in [1.29, 1.82) is 0 Å². The Morgan fingerprint density at radius 3 is 2.62 bits per heavy atom. The van der Waals surface area contributed by atoms with Crippen LogP contribution < -0.4 is 10.6 Å². The van der Waals surface area contributed by atoms with Gasteiger partial charge in [0.05, 0.1) is 11.9 Å². The first-order valence-electron chi connectivity index (χ1n) is 8.08. The van der Waals surface area contributed by atoms with Crippen molar-refractivity contribution >= 4 is 40.0 Å². The molecule has 0 spiro atoms. The molecule has 2 amide bonds. The van der Waals surface area contributed by atoms with Crippen molar-refractivity contribution in [3.05, 3.63) is 60.3 Å². The van der Waals surface area contributed by atoms with Crippen molar-refractivity contribution in [2.24, 2.45) is 0 Å². The van der Waals surface area contributed by atoms with E-state index in [1.165, 1.54) is 18.7 Å². The Balaban J connectivity index is 1.52. The average Bonchev–Trinajstić information content (AvgIpc) is 2.65. The molecule has 0 radical (unpaired) electrons. The molecule has 0 aliphatic heterocycles. The molecule has 0 saturated heterocycles. The Labute approximate surface area is 155 Å². The van der Waals surface area contributed by atoms with E-state index in [0.717, 1.165) is 27.0 Å². The number of rotatable bonds is 6. The van der Waals surface area contributed by atoms with Gasteiger partial charge in [0.2, 0.25) is 11.8 Å². The zero-order chi connectivity index (χ0) is 18.4. The summed E-state index contributed by atoms with van der Waals surface area (Å²) in [7, 11) is 0. The number of carbonyl (C=O) groups is 2. The average molecular weight is 366 g/mol. The highest BCUT2D eigenvalue weighted by molar-refractivity contribution is 8.00. The van der Waals surface area contributed by atoms with Crippen LogP contribution in [0.3, 0.4) is 0 Å². The van der Waals surface area contributed by atoms with Crippen LogP contribution in [0.25, 0.3) is 10.8 Å². The number of thioether (sulfide) groups is 1. The summed E-state index contributed by atoms with van der Waals surface area (Å²) in [6.45, 7) is 1.90. The first kappa shape index (κ1) is 17.9. The Hall–Kier alpha value is -2.93. The van der Waals surface area contributed by atoms with E-state index in [1.807, 2.05) is 48.5 Å². The van der Waals surface area contributed by atoms with Gasteiger partial charge in [-0.1, -0.05) is 48.2 Å². The minimum Gasteiger partial charge on any atom is -0.351 e. The van der Waals surface area contributed by atoms with Gasteiger partial charge in [0.1, 0.15) is 5.03 Å². The number of hydrogen-bond acceptors (Lipinski definition) is 5. The molecular weight excluding hydrogens is 348 g/mol. The van der Waals surface area contributed by atoms with Gasteiger partial charge in [0.15, 0.2) is 0 Å². The van der Waals surface area contributed by atoms with Crippen molar-refractivity contribution in [2.45, 2.75) is 18.5 Å². The van der Waals surface area contributed by atoms with E-state index in [9.17, 15) is 9.59 Å². The molecule has 1 heterocycles. The summed E-state index contributed by atoms with van der Waals surface area (Å²) in [4.78, 5) is 23.1. The molecule has 0 aliphatic carbocycles. The fourth-order valence-electron chi connectivity index (χ4n) is 2.40. The van der Waals surface area contributed by atoms with Crippen LogP contribution in [0.1, 0.15) is 12.5 Å². The summed E-state index contributed by atoms with van der Waals surface area (Å²) in [5, 5.41) is 16.4. The van der Waals surface area contributed by atoms with Gasteiger partial charge in [-0.15, -0.1) is 5.10 Å². The largest absolute Gasteiger partial charge is 0.351 e. The Kier molecular flexibility index (Phi) is 5.80. The number of aromatic nitrogens is 2. The lowest BCUT2D eigenvalue weighted by Crippen LogP contribution is -2.24. The van der Waals surface area contributed by atoms with Crippen molar-refractivity contribution in [3.8, 4) is 0 Å². The second-order valence-corrected chi connectivity index (χ2v) is 6.64. The van der Waals surface area contributed by atoms with Crippen LogP contribution in [-0.4, -0.2) is 27.8 Å². The van der Waals surface area contributed by atoms with Crippen LogP contribution in [0.2, 0.25) is 0 Å². The quantitative estimate of drug-likeness (QED) is 0.655. The van der Waals surface area contributed by atoms with Crippen LogP contribution >= 0.6 is 11.8 Å². The van der Waals surface area contributed by atoms with Gasteiger partial charge >= 0.3 is 0 Å². The van der Waals surface area contributed by atoms with Gasteiger partial charge in [-0.3, -0.25) is 9.59 Å². The summed E-state index contributed by atoms with van der Waals surface area (Å²) >= 11 is 1.37. The number of anilines is 1. The molecule has 2 N–H and O–H groups in total. The molecule has 3 rings (SSSR count). The lowest BCUT2D eigenvalue weighted by molar-refractivity contribution is -0.118. The molecule has 2 aromatic carbocycles. The lowest BCUT2D eigenvalue weighted by atomic mass is 10.2. The van der Waals surface area contributed by atoms with Crippen LogP contribution in [0.4, 0.5) is 5.69 Å². The fourth-order valence-corrected chi connectivity index (χ4v) is 3.22. The lowest BCUT2D eigenvalue weighted by Gasteiger charge is -2.07. The summed E-state index contributed by atoms with van der Waals surface area (Å²) in [6, 6.07) is 15.2. The maximum atomic E-state index is 12.1. The third kappa shape index (κ3) is 4.80. The van der Waals surface area contributed by atoms with Crippen molar-refractivity contribution in [3.63, 3.8) is 0 Å². The minimum absolute atomic E-state index is 0.0735. The number of nitrogens with zero attached hydrogens (tertiary/aromatic N) is 2. The maximum Gasteiger partial charge on any atom is 0.230 e. The zero-order valence-corrected chi connectivity index (χ0v) is 15.0. The van der Waals surface area contributed by atoms with E-state index in [2.05, 4.69) is 20.8 Å². The predicted molar refractivity (Wildman–Crippen MR) is 103 cm³/mol. The van der Waals surface area contributed by atoms with Gasteiger partial charge in [0.25, 0.3) is 0 Å². The van der Waals surface area contributed by atoms with E-state index >= 15 is 0 Å². The second kappa shape index (κ2) is 8.44. The topological polar surface area (TPSA) is 84.0 Å². The fraction of sp³-hybridized carbons (Fsp3) is 0.158. The molecule has 0 aliphatic rings. The van der Waals surface area contributed by atoms with Crippen LogP contribution in [0.15, 0.2) is 59.8 Å². The molecule has 0 unspecified atom stereocenters. The molecule has 132 valence electrons. The molecular formula is C19H18N4O2S. The molecule has 3 aromatic rings. The van der Waals surface area contributed by atoms with Crippen molar-refractivity contribution < 1.29 is 9.59 Å². The standard InChI is InChI=1S/C19H18N4O2S/c1-13(24)22-16-8-6-14(7-9-16)10-20-18(25)12-26-19-17-5-3-2-4-15(17)11-21-23-19/h2-9,11H,10,12H2,1H3,(H,20,25)(H,22,24). The molecule has 0 bridgehead atoms. The Bertz CT molecular complexity index is 923. The highest BCUT2D eigenvalue weighted by Crippen LogP contribution is 2.24. The number of amides is 2. The smallest absolute Gasteiger partial charge is 0.230 e. The predicted octanol–water partition coefficient (Wildman–Crippen LogP) is 3.00. The van der Waals surface area contributed by atoms with Crippen LogP contribution in [0.5, 0.6) is 0 Å². The van der Waals surface area contributed by atoms with E-state index in [-0.39, 0.29) is 17.6 Å². The van der Waals surface area contributed by atoms with Crippen molar-refractivity contribution in [2.75, 3.05) is 11.1 Å². The highest BCUT2D eigenvalue weighted by atomic mass is 32.2. The second-order valence-electron chi connectivity index (χ2n) is 5.68. The Morgan fingerprint density at radius 1 is 1.08 bits per heavy atom. The Morgan fingerprint density at radius 2 is 1.85 bits per heavy atom. The van der Waals surface area contributed by atoms with Gasteiger partial charge in [0, 0.05) is 29.9 Å². The molecule has 0 atom stereocenters. The zero-order valence-electron chi connectivity index (χ0n) is 14.2. The summed E-state index contributed by atoms with van der Waals surface area (Å²) in [5.41, 5.74) is 1.69. The molecule has 1 aromatic heterocycles. The van der Waals surface area contributed by atoms with Crippen LogP contribution in [-0.2, 0) is 16.1 Å². The molecule has 0 fully saturated rings. The van der Waals surface area contributed by atoms with Crippen LogP contribution in [0, 0.1) is 0 Å². The molecule has 26 heavy (non-hydrogen) atoms. The van der Waals surface area contributed by atoms with Gasteiger partial charge < -0.3 is 10.6 Å². The van der Waals surface area contributed by atoms with E-state index in [4.69, 9.17) is 0 Å². The maximum absolute atomic E-state index is 12.1. The van der Waals surface area contributed by atoms with Crippen molar-refractivity contribution in [1.82, 2.24) is 15.5 Å². The van der Waals surface area contributed by atoms with E-state index < -0.39 is 0 Å². The van der Waals surface area contributed by atoms with Gasteiger partial charge in [-0.05, 0) is 17.7 Å². The number of nitrogens with one attached hydrogen (secondary N) is 2. The molecule has 0 saturated carbocycles. The van der Waals surface area contributed by atoms with Gasteiger partial charge in [-0.25, -0.2) is 0 Å². The first-order chi connectivity index (χ1) is 12.6. The summed E-state index contributed by atoms with van der Waals surface area (Å²) in [5.74, 6) is 0.0856. The normalized spacial score (nSPS) is 10.5. The molecule has 7 heteroatoms. The minimum atomic E-state index is -0.111. The molecule has 6 nitrogen and oxygen atoms in total. The van der Waals surface area contributed by atoms with E-state index in [1.54, 1.807) is 6.20 Å². The summed E-state index contributed by atoms with van der Waals surface area (Å²) in [6.07, 6.45) is 1.71. The number of hydrogen-bond donors (Lipinski definition) is 2. The third-order valence-corrected chi connectivity index (χ3v) is 4.62. The third-order valence-electron chi connectivity index (χ3n) is 3.64. The number of benzene rings is 2. The highest BCUT2D eigenvalue weighted by Gasteiger charge is 2.08. The SMILES string of the molecule is CC(=O)Nc1ccc(CNC(=O)CSc2nncc3ccccc23)cc1.